The molecule has 2 unspecified atom stereocenters. The Hall–Kier alpha value is -4.08. The molecule has 10 heteroatoms. The highest BCUT2D eigenvalue weighted by Gasteiger charge is 2.26. The zero-order valence-electron chi connectivity index (χ0n) is 28.0. The van der Waals surface area contributed by atoms with E-state index in [4.69, 9.17) is 0 Å². The lowest BCUT2D eigenvalue weighted by Gasteiger charge is -2.21. The summed E-state index contributed by atoms with van der Waals surface area (Å²) in [4.78, 5) is 52.3. The van der Waals surface area contributed by atoms with E-state index in [1.165, 1.54) is 12.1 Å². The number of phenolic OH excluding ortho intramolecular Hbond substituents is 2. The molecular formula is C36H54N4O6. The minimum atomic E-state index is -0.644. The van der Waals surface area contributed by atoms with E-state index in [-0.39, 0.29) is 29.0 Å². The van der Waals surface area contributed by atoms with Crippen LogP contribution in [0.3, 0.4) is 0 Å². The van der Waals surface area contributed by atoms with Gasteiger partial charge in [0.2, 0.25) is 11.8 Å². The van der Waals surface area contributed by atoms with Crippen molar-refractivity contribution in [3.05, 3.63) is 58.7 Å². The van der Waals surface area contributed by atoms with Crippen molar-refractivity contribution < 1.29 is 29.4 Å². The fourth-order valence-corrected chi connectivity index (χ4v) is 5.54. The number of amides is 4. The number of aromatic hydroxyl groups is 2. The topological polar surface area (TPSA) is 157 Å². The molecule has 0 radical (unpaired) electrons. The normalized spacial score (nSPS) is 12.2. The summed E-state index contributed by atoms with van der Waals surface area (Å²) in [5, 5.41) is 20.8. The molecule has 254 valence electrons. The van der Waals surface area contributed by atoms with Crippen LogP contribution in [0.5, 0.6) is 11.5 Å². The quantitative estimate of drug-likeness (QED) is 0.0773. The van der Waals surface area contributed by atoms with Crippen molar-refractivity contribution in [1.29, 1.82) is 0 Å². The van der Waals surface area contributed by atoms with Gasteiger partial charge in [-0.2, -0.15) is 0 Å². The fraction of sp³-hybridized carbons (Fsp3) is 0.556. The molecule has 2 aromatic carbocycles. The second-order valence-electron chi connectivity index (χ2n) is 12.1. The first-order valence-corrected chi connectivity index (χ1v) is 17.0. The standard InChI is InChI=1S/C36H54N4O6/c1-5-8-11-14-19-28(34(44)38-40-36(46)32-27(18-13-10-7-3)21-16-23-30(32)42)24-25(4)33(43)37-39-35(45)31-26(17-12-9-6-2)20-15-22-29(31)41/h15-16,20-23,25,28,41-42H,5-14,17-19,24H2,1-4H3,(H,37,43)(H,38,44)(H,39,45)(H,40,46). The minimum absolute atomic E-state index is 0.133. The molecule has 6 N–H and O–H groups in total. The number of unbranched alkanes of at least 4 members (excludes halogenated alkanes) is 7. The summed E-state index contributed by atoms with van der Waals surface area (Å²) in [6.07, 6.45) is 11.5. The molecule has 0 fully saturated rings. The highest BCUT2D eigenvalue weighted by molar-refractivity contribution is 6.00. The molecule has 0 aliphatic carbocycles. The molecule has 0 aliphatic heterocycles. The second-order valence-corrected chi connectivity index (χ2v) is 12.1. The summed E-state index contributed by atoms with van der Waals surface area (Å²) in [5.74, 6) is -3.65. The Bertz CT molecular complexity index is 1280. The monoisotopic (exact) mass is 638 g/mol. The van der Waals surface area contributed by atoms with Crippen molar-refractivity contribution >= 4 is 23.6 Å². The largest absolute Gasteiger partial charge is 0.507 e. The molecule has 4 amide bonds. The van der Waals surface area contributed by atoms with Gasteiger partial charge < -0.3 is 10.2 Å². The van der Waals surface area contributed by atoms with Crippen LogP contribution in [-0.2, 0) is 22.4 Å². The van der Waals surface area contributed by atoms with Crippen LogP contribution in [0.25, 0.3) is 0 Å². The maximum absolute atomic E-state index is 13.3. The number of hydrogen-bond acceptors (Lipinski definition) is 6. The van der Waals surface area contributed by atoms with Crippen LogP contribution in [0.15, 0.2) is 36.4 Å². The van der Waals surface area contributed by atoms with Gasteiger partial charge in [-0.25, -0.2) is 0 Å². The maximum Gasteiger partial charge on any atom is 0.273 e. The first-order valence-electron chi connectivity index (χ1n) is 17.0. The molecule has 0 aromatic heterocycles. The Labute approximate surface area is 274 Å². The lowest BCUT2D eigenvalue weighted by Crippen LogP contribution is -2.47. The summed E-state index contributed by atoms with van der Waals surface area (Å²) in [5.41, 5.74) is 11.5. The predicted molar refractivity (Wildman–Crippen MR) is 180 cm³/mol. The first kappa shape index (κ1) is 38.1. The number of hydrogen-bond donors (Lipinski definition) is 6. The van der Waals surface area contributed by atoms with Gasteiger partial charge in [0, 0.05) is 11.8 Å². The maximum atomic E-state index is 13.3. The molecule has 0 aliphatic rings. The lowest BCUT2D eigenvalue weighted by molar-refractivity contribution is -0.129. The third-order valence-corrected chi connectivity index (χ3v) is 8.27. The van der Waals surface area contributed by atoms with E-state index < -0.39 is 35.5 Å². The molecule has 46 heavy (non-hydrogen) atoms. The molecule has 2 atom stereocenters. The molecule has 0 saturated heterocycles. The minimum Gasteiger partial charge on any atom is -0.507 e. The molecule has 10 nitrogen and oxygen atoms in total. The van der Waals surface area contributed by atoms with Crippen molar-refractivity contribution in [2.45, 2.75) is 118 Å². The van der Waals surface area contributed by atoms with Gasteiger partial charge in [-0.3, -0.25) is 40.9 Å². The molecule has 0 heterocycles. The van der Waals surface area contributed by atoms with E-state index in [1.807, 2.05) is 0 Å². The average Bonchev–Trinajstić information content (AvgIpc) is 3.03. The van der Waals surface area contributed by atoms with Crippen molar-refractivity contribution in [3.63, 3.8) is 0 Å². The van der Waals surface area contributed by atoms with Gasteiger partial charge in [0.25, 0.3) is 11.8 Å². The first-order chi connectivity index (χ1) is 22.1. The number of nitrogens with one attached hydrogen (secondary N) is 4. The Balaban J connectivity index is 2.04. The SMILES string of the molecule is CCCCCCC(CC(C)C(=O)NNC(=O)c1c(O)cccc1CCCCC)C(=O)NNC(=O)c1c(O)cccc1CCCCC. The number of carbonyl (C=O) groups is 4. The number of aryl methyl sites for hydroxylation is 2. The number of hydrazine groups is 2. The number of rotatable bonds is 19. The van der Waals surface area contributed by atoms with Gasteiger partial charge in [-0.15, -0.1) is 0 Å². The van der Waals surface area contributed by atoms with Crippen LogP contribution in [0.4, 0.5) is 0 Å². The van der Waals surface area contributed by atoms with Crippen LogP contribution < -0.4 is 21.7 Å². The zero-order valence-corrected chi connectivity index (χ0v) is 28.0. The predicted octanol–water partition coefficient (Wildman–Crippen LogP) is 6.40. The summed E-state index contributed by atoms with van der Waals surface area (Å²) in [6.45, 7) is 7.95. The van der Waals surface area contributed by atoms with Gasteiger partial charge in [0.1, 0.15) is 11.5 Å². The van der Waals surface area contributed by atoms with Gasteiger partial charge in [0.15, 0.2) is 0 Å². The second kappa shape index (κ2) is 20.9. The molecule has 0 spiro atoms. The molecule has 0 bridgehead atoms. The van der Waals surface area contributed by atoms with E-state index in [1.54, 1.807) is 31.2 Å². The average molecular weight is 639 g/mol. The Morgan fingerprint density at radius 1 is 0.609 bits per heavy atom. The Morgan fingerprint density at radius 2 is 1.07 bits per heavy atom. The smallest absolute Gasteiger partial charge is 0.273 e. The van der Waals surface area contributed by atoms with Crippen molar-refractivity contribution in [2.24, 2.45) is 11.8 Å². The Morgan fingerprint density at radius 3 is 1.54 bits per heavy atom. The van der Waals surface area contributed by atoms with E-state index in [9.17, 15) is 29.4 Å². The fourth-order valence-electron chi connectivity index (χ4n) is 5.54. The zero-order chi connectivity index (χ0) is 33.9. The summed E-state index contributed by atoms with van der Waals surface area (Å²) in [7, 11) is 0. The molecular weight excluding hydrogens is 584 g/mol. The van der Waals surface area contributed by atoms with Crippen LogP contribution in [0.1, 0.15) is 137 Å². The third kappa shape index (κ3) is 12.4. The summed E-state index contributed by atoms with van der Waals surface area (Å²) in [6, 6.07) is 9.87. The number of benzene rings is 2. The Kier molecular flexibility index (Phi) is 17.3. The van der Waals surface area contributed by atoms with Gasteiger partial charge in [-0.1, -0.05) is 103 Å². The van der Waals surface area contributed by atoms with Gasteiger partial charge in [-0.05, 0) is 61.8 Å². The van der Waals surface area contributed by atoms with Crippen molar-refractivity contribution in [2.75, 3.05) is 0 Å². The van der Waals surface area contributed by atoms with Crippen LogP contribution in [0, 0.1) is 11.8 Å². The molecule has 0 saturated carbocycles. The van der Waals surface area contributed by atoms with Crippen molar-refractivity contribution in [1.82, 2.24) is 21.7 Å². The summed E-state index contributed by atoms with van der Waals surface area (Å²) < 4.78 is 0. The third-order valence-electron chi connectivity index (χ3n) is 8.27. The molecule has 2 rings (SSSR count). The van der Waals surface area contributed by atoms with Crippen LogP contribution in [0.2, 0.25) is 0 Å². The number of carbonyl (C=O) groups excluding carboxylic acids is 4. The van der Waals surface area contributed by atoms with E-state index >= 15 is 0 Å². The molecule has 2 aromatic rings. The van der Waals surface area contributed by atoms with Gasteiger partial charge in [0.05, 0.1) is 11.1 Å². The van der Waals surface area contributed by atoms with Gasteiger partial charge >= 0.3 is 0 Å². The van der Waals surface area contributed by atoms with Crippen LogP contribution in [-0.4, -0.2) is 33.8 Å². The highest BCUT2D eigenvalue weighted by atomic mass is 16.3. The number of phenols is 2. The van der Waals surface area contributed by atoms with E-state index in [0.717, 1.165) is 64.2 Å². The van der Waals surface area contributed by atoms with Crippen molar-refractivity contribution in [3.8, 4) is 11.5 Å². The van der Waals surface area contributed by atoms with E-state index in [0.29, 0.717) is 30.4 Å². The van der Waals surface area contributed by atoms with E-state index in [2.05, 4.69) is 42.5 Å². The summed E-state index contributed by atoms with van der Waals surface area (Å²) >= 11 is 0. The highest BCUT2D eigenvalue weighted by Crippen LogP contribution is 2.25. The lowest BCUT2D eigenvalue weighted by atomic mass is 9.90. The van der Waals surface area contributed by atoms with Crippen LogP contribution >= 0.6 is 0 Å².